The van der Waals surface area contributed by atoms with E-state index < -0.39 is 0 Å². The number of benzene rings is 1. The average molecular weight is 256 g/mol. The molecule has 0 radical (unpaired) electrons. The van der Waals surface area contributed by atoms with Crippen LogP contribution in [-0.2, 0) is 20.0 Å². The molecule has 19 heavy (non-hydrogen) atoms. The van der Waals surface area contributed by atoms with Gasteiger partial charge in [-0.1, -0.05) is 24.3 Å². The van der Waals surface area contributed by atoms with Crippen molar-refractivity contribution in [2.75, 3.05) is 12.3 Å². The Labute approximate surface area is 111 Å². The Balaban J connectivity index is 1.85. The molecule has 1 aliphatic heterocycles. The third kappa shape index (κ3) is 1.97. The molecule has 0 bridgehead atoms. The Morgan fingerprint density at radius 2 is 2.05 bits per heavy atom. The average Bonchev–Trinajstić information content (AvgIpc) is 2.78. The SMILES string of the molecule is Cn1ncc(C(=O)N2CCc3ccccc3C2)c1N. The molecule has 0 unspecified atom stereocenters. The summed E-state index contributed by atoms with van der Waals surface area (Å²) in [5.74, 6) is 0.379. The molecule has 1 amide bonds. The van der Waals surface area contributed by atoms with E-state index >= 15 is 0 Å². The van der Waals surface area contributed by atoms with E-state index in [1.54, 1.807) is 7.05 Å². The van der Waals surface area contributed by atoms with E-state index in [4.69, 9.17) is 5.73 Å². The molecule has 2 N–H and O–H groups in total. The van der Waals surface area contributed by atoms with Gasteiger partial charge in [0.15, 0.2) is 0 Å². The number of fused-ring (bicyclic) bond motifs is 1. The number of carbonyl (C=O) groups is 1. The van der Waals surface area contributed by atoms with Gasteiger partial charge in [0.05, 0.1) is 6.20 Å². The standard InChI is InChI=1S/C14H16N4O/c1-17-13(15)12(8-16-17)14(19)18-7-6-10-4-2-3-5-11(10)9-18/h2-5,8H,6-7,9,15H2,1H3. The zero-order valence-electron chi connectivity index (χ0n) is 10.8. The van der Waals surface area contributed by atoms with Crippen LogP contribution >= 0.6 is 0 Å². The smallest absolute Gasteiger partial charge is 0.259 e. The van der Waals surface area contributed by atoms with Gasteiger partial charge in [-0.25, -0.2) is 0 Å². The monoisotopic (exact) mass is 256 g/mol. The van der Waals surface area contributed by atoms with E-state index in [9.17, 15) is 4.79 Å². The van der Waals surface area contributed by atoms with Crippen LogP contribution < -0.4 is 5.73 Å². The molecule has 1 aromatic heterocycles. The van der Waals surface area contributed by atoms with E-state index in [1.165, 1.54) is 22.0 Å². The van der Waals surface area contributed by atoms with Crippen LogP contribution in [0, 0.1) is 0 Å². The van der Waals surface area contributed by atoms with Gasteiger partial charge in [-0.15, -0.1) is 0 Å². The molecular weight excluding hydrogens is 240 g/mol. The maximum Gasteiger partial charge on any atom is 0.259 e. The molecule has 5 heteroatoms. The van der Waals surface area contributed by atoms with E-state index in [-0.39, 0.29) is 5.91 Å². The highest BCUT2D eigenvalue weighted by molar-refractivity contribution is 5.98. The van der Waals surface area contributed by atoms with Crippen LogP contribution in [0.2, 0.25) is 0 Å². The minimum Gasteiger partial charge on any atom is -0.383 e. The van der Waals surface area contributed by atoms with E-state index in [1.807, 2.05) is 17.0 Å². The molecule has 2 aromatic rings. The van der Waals surface area contributed by atoms with Crippen molar-refractivity contribution >= 4 is 11.7 Å². The van der Waals surface area contributed by atoms with Gasteiger partial charge in [0, 0.05) is 20.1 Å². The van der Waals surface area contributed by atoms with Crippen LogP contribution in [0.25, 0.3) is 0 Å². The lowest BCUT2D eigenvalue weighted by atomic mass is 9.99. The number of aryl methyl sites for hydroxylation is 1. The number of aromatic nitrogens is 2. The number of anilines is 1. The highest BCUT2D eigenvalue weighted by Gasteiger charge is 2.24. The highest BCUT2D eigenvalue weighted by atomic mass is 16.2. The van der Waals surface area contributed by atoms with Crippen molar-refractivity contribution in [2.24, 2.45) is 7.05 Å². The van der Waals surface area contributed by atoms with Crippen LogP contribution in [0.5, 0.6) is 0 Å². The molecule has 1 aromatic carbocycles. The van der Waals surface area contributed by atoms with Gasteiger partial charge in [0.2, 0.25) is 0 Å². The lowest BCUT2D eigenvalue weighted by molar-refractivity contribution is 0.0736. The van der Waals surface area contributed by atoms with Gasteiger partial charge in [-0.2, -0.15) is 5.10 Å². The predicted molar refractivity (Wildman–Crippen MR) is 72.5 cm³/mol. The number of nitrogen functional groups attached to an aromatic ring is 1. The first-order valence-corrected chi connectivity index (χ1v) is 6.30. The summed E-state index contributed by atoms with van der Waals surface area (Å²) >= 11 is 0. The summed E-state index contributed by atoms with van der Waals surface area (Å²) in [5, 5.41) is 4.02. The van der Waals surface area contributed by atoms with Gasteiger partial charge in [0.25, 0.3) is 5.91 Å². The molecule has 3 rings (SSSR count). The molecule has 0 saturated heterocycles. The van der Waals surface area contributed by atoms with Crippen molar-refractivity contribution in [2.45, 2.75) is 13.0 Å². The van der Waals surface area contributed by atoms with Crippen LogP contribution in [0.4, 0.5) is 5.82 Å². The Hall–Kier alpha value is -2.30. The van der Waals surface area contributed by atoms with Gasteiger partial charge >= 0.3 is 0 Å². The number of hydrogen-bond acceptors (Lipinski definition) is 3. The molecule has 98 valence electrons. The Morgan fingerprint density at radius 1 is 1.32 bits per heavy atom. The van der Waals surface area contributed by atoms with E-state index in [0.717, 1.165) is 13.0 Å². The summed E-state index contributed by atoms with van der Waals surface area (Å²) < 4.78 is 1.52. The number of nitrogens with two attached hydrogens (primary N) is 1. The third-order valence-corrected chi connectivity index (χ3v) is 3.63. The van der Waals surface area contributed by atoms with Gasteiger partial charge in [-0.05, 0) is 17.5 Å². The summed E-state index contributed by atoms with van der Waals surface area (Å²) in [6.45, 7) is 1.37. The number of nitrogens with zero attached hydrogens (tertiary/aromatic N) is 3. The summed E-state index contributed by atoms with van der Waals surface area (Å²) in [6.07, 6.45) is 2.43. The molecule has 0 aliphatic carbocycles. The second kappa shape index (κ2) is 4.42. The minimum atomic E-state index is -0.0416. The molecule has 0 spiro atoms. The molecule has 1 aliphatic rings. The number of rotatable bonds is 1. The van der Waals surface area contributed by atoms with Crippen molar-refractivity contribution < 1.29 is 4.79 Å². The normalized spacial score (nSPS) is 14.3. The minimum absolute atomic E-state index is 0.0416. The molecule has 0 fully saturated rings. The summed E-state index contributed by atoms with van der Waals surface area (Å²) in [5.41, 5.74) is 8.88. The zero-order valence-corrected chi connectivity index (χ0v) is 10.8. The quantitative estimate of drug-likeness (QED) is 0.834. The first-order valence-electron chi connectivity index (χ1n) is 6.30. The van der Waals surface area contributed by atoms with Crippen LogP contribution in [-0.4, -0.2) is 27.1 Å². The molecule has 5 nitrogen and oxygen atoms in total. The largest absolute Gasteiger partial charge is 0.383 e. The first-order chi connectivity index (χ1) is 9.16. The second-order valence-corrected chi connectivity index (χ2v) is 4.81. The fraction of sp³-hybridized carbons (Fsp3) is 0.286. The maximum atomic E-state index is 12.4. The predicted octanol–water partition coefficient (Wildman–Crippen LogP) is 1.20. The number of carbonyl (C=O) groups excluding carboxylic acids is 1. The lowest BCUT2D eigenvalue weighted by Crippen LogP contribution is -2.36. The molecule has 0 atom stereocenters. The highest BCUT2D eigenvalue weighted by Crippen LogP contribution is 2.21. The van der Waals surface area contributed by atoms with Crippen LogP contribution in [0.3, 0.4) is 0 Å². The number of amides is 1. The summed E-state index contributed by atoms with van der Waals surface area (Å²) in [4.78, 5) is 14.3. The Bertz CT molecular complexity index is 632. The van der Waals surface area contributed by atoms with E-state index in [2.05, 4.69) is 17.2 Å². The zero-order chi connectivity index (χ0) is 13.4. The van der Waals surface area contributed by atoms with Crippen molar-refractivity contribution in [3.63, 3.8) is 0 Å². The molecular formula is C14H16N4O. The maximum absolute atomic E-state index is 12.4. The van der Waals surface area contributed by atoms with E-state index in [0.29, 0.717) is 17.9 Å². The van der Waals surface area contributed by atoms with Crippen molar-refractivity contribution in [3.05, 3.63) is 47.2 Å². The summed E-state index contributed by atoms with van der Waals surface area (Å²) in [7, 11) is 1.73. The fourth-order valence-corrected chi connectivity index (χ4v) is 2.45. The van der Waals surface area contributed by atoms with Crippen molar-refractivity contribution in [3.8, 4) is 0 Å². The second-order valence-electron chi connectivity index (χ2n) is 4.81. The fourth-order valence-electron chi connectivity index (χ4n) is 2.45. The first kappa shape index (κ1) is 11.8. The number of hydrogen-bond donors (Lipinski definition) is 1. The van der Waals surface area contributed by atoms with Crippen molar-refractivity contribution in [1.29, 1.82) is 0 Å². The Kier molecular flexibility index (Phi) is 2.74. The van der Waals surface area contributed by atoms with Crippen molar-refractivity contribution in [1.82, 2.24) is 14.7 Å². The van der Waals surface area contributed by atoms with Crippen LogP contribution in [0.1, 0.15) is 21.5 Å². The topological polar surface area (TPSA) is 64.2 Å². The molecule has 0 saturated carbocycles. The third-order valence-electron chi connectivity index (χ3n) is 3.63. The molecule has 2 heterocycles. The van der Waals surface area contributed by atoms with Gasteiger partial charge in [0.1, 0.15) is 11.4 Å². The summed E-state index contributed by atoms with van der Waals surface area (Å²) in [6, 6.07) is 8.23. The van der Waals surface area contributed by atoms with Crippen LogP contribution in [0.15, 0.2) is 30.5 Å². The van der Waals surface area contributed by atoms with Gasteiger partial charge in [-0.3, -0.25) is 9.48 Å². The lowest BCUT2D eigenvalue weighted by Gasteiger charge is -2.28. The van der Waals surface area contributed by atoms with Gasteiger partial charge < -0.3 is 10.6 Å². The Morgan fingerprint density at radius 3 is 2.74 bits per heavy atom.